The van der Waals surface area contributed by atoms with Gasteiger partial charge in [0, 0.05) is 5.92 Å². The summed E-state index contributed by atoms with van der Waals surface area (Å²) in [6.45, 7) is 2.22. The van der Waals surface area contributed by atoms with Crippen LogP contribution < -0.4 is 0 Å². The van der Waals surface area contributed by atoms with Crippen LogP contribution in [0.4, 0.5) is 0 Å². The monoisotopic (exact) mass is 250 g/mol. The minimum Gasteiger partial charge on any atom is -0.465 e. The van der Waals surface area contributed by atoms with Gasteiger partial charge >= 0.3 is 5.97 Å². The van der Waals surface area contributed by atoms with Gasteiger partial charge in [-0.25, -0.2) is 0 Å². The Bertz CT molecular complexity index is 445. The zero-order valence-electron chi connectivity index (χ0n) is 10.6. The van der Waals surface area contributed by atoms with Gasteiger partial charge < -0.3 is 9.26 Å². The Morgan fingerprint density at radius 2 is 2.17 bits per heavy atom. The van der Waals surface area contributed by atoms with Crippen molar-refractivity contribution >= 4 is 5.97 Å². The highest BCUT2D eigenvalue weighted by atomic mass is 16.5. The van der Waals surface area contributed by atoms with Crippen LogP contribution in [0.5, 0.6) is 0 Å². The van der Waals surface area contributed by atoms with Crippen molar-refractivity contribution in [2.24, 2.45) is 0 Å². The number of hydrogen-bond donors (Lipinski definition) is 0. The molecule has 0 bridgehead atoms. The summed E-state index contributed by atoms with van der Waals surface area (Å²) in [5.74, 6) is 1.48. The van der Waals surface area contributed by atoms with E-state index in [1.807, 2.05) is 6.92 Å². The molecule has 1 aromatic rings. The smallest absolute Gasteiger partial charge is 0.321 e. The third kappa shape index (κ3) is 1.82. The maximum atomic E-state index is 12.2. The molecule has 1 aromatic heterocycles. The molecule has 0 aromatic carbocycles. The van der Waals surface area contributed by atoms with E-state index in [1.54, 1.807) is 0 Å². The van der Waals surface area contributed by atoms with Crippen LogP contribution in [-0.4, -0.2) is 22.7 Å². The molecule has 0 unspecified atom stereocenters. The molecule has 3 rings (SSSR count). The summed E-state index contributed by atoms with van der Waals surface area (Å²) in [6.07, 6.45) is 5.81. The van der Waals surface area contributed by atoms with Crippen LogP contribution in [0.1, 0.15) is 63.1 Å². The van der Waals surface area contributed by atoms with Gasteiger partial charge in [-0.1, -0.05) is 18.0 Å². The molecule has 0 spiro atoms. The third-order valence-corrected chi connectivity index (χ3v) is 3.92. The quantitative estimate of drug-likeness (QED) is 0.767. The molecule has 0 saturated heterocycles. The first-order valence-electron chi connectivity index (χ1n) is 6.77. The van der Waals surface area contributed by atoms with Crippen molar-refractivity contribution in [2.45, 2.75) is 56.8 Å². The second-order valence-electron chi connectivity index (χ2n) is 5.24. The van der Waals surface area contributed by atoms with E-state index in [4.69, 9.17) is 9.26 Å². The maximum absolute atomic E-state index is 12.2. The van der Waals surface area contributed by atoms with Gasteiger partial charge in [0.05, 0.1) is 6.61 Å². The van der Waals surface area contributed by atoms with Crippen LogP contribution in [0.2, 0.25) is 0 Å². The minimum atomic E-state index is -0.670. The van der Waals surface area contributed by atoms with Gasteiger partial charge in [-0.15, -0.1) is 0 Å². The highest BCUT2D eigenvalue weighted by Crippen LogP contribution is 2.44. The SMILES string of the molecule is CCOC(=O)C1(c2nc(C3CC3)no2)CCCC1. The highest BCUT2D eigenvalue weighted by molar-refractivity contribution is 5.82. The van der Waals surface area contributed by atoms with Crippen molar-refractivity contribution in [3.8, 4) is 0 Å². The summed E-state index contributed by atoms with van der Waals surface area (Å²) in [4.78, 5) is 16.7. The fourth-order valence-corrected chi connectivity index (χ4v) is 2.69. The first-order chi connectivity index (χ1) is 8.76. The molecule has 5 nitrogen and oxygen atoms in total. The average Bonchev–Trinajstić information content (AvgIpc) is 2.93. The van der Waals surface area contributed by atoms with Gasteiger partial charge in [-0.2, -0.15) is 4.98 Å². The van der Waals surface area contributed by atoms with Gasteiger partial charge in [0.2, 0.25) is 5.89 Å². The number of ether oxygens (including phenoxy) is 1. The molecule has 1 heterocycles. The van der Waals surface area contributed by atoms with Crippen molar-refractivity contribution < 1.29 is 14.1 Å². The van der Waals surface area contributed by atoms with E-state index >= 15 is 0 Å². The standard InChI is InChI=1S/C13H18N2O3/c1-2-17-12(16)13(7-3-4-8-13)11-14-10(15-18-11)9-5-6-9/h9H,2-8H2,1H3. The molecule has 0 atom stereocenters. The predicted octanol–water partition coefficient (Wildman–Crippen LogP) is 2.32. The Morgan fingerprint density at radius 1 is 1.44 bits per heavy atom. The summed E-state index contributed by atoms with van der Waals surface area (Å²) >= 11 is 0. The van der Waals surface area contributed by atoms with Gasteiger partial charge in [0.15, 0.2) is 5.82 Å². The van der Waals surface area contributed by atoms with E-state index in [-0.39, 0.29) is 5.97 Å². The molecule has 98 valence electrons. The number of aromatic nitrogens is 2. The average molecular weight is 250 g/mol. The number of hydrogen-bond acceptors (Lipinski definition) is 5. The lowest BCUT2D eigenvalue weighted by atomic mass is 9.86. The van der Waals surface area contributed by atoms with Crippen molar-refractivity contribution in [2.75, 3.05) is 6.61 Å². The Balaban J connectivity index is 1.89. The third-order valence-electron chi connectivity index (χ3n) is 3.92. The number of esters is 1. The van der Waals surface area contributed by atoms with Crippen molar-refractivity contribution in [1.82, 2.24) is 10.1 Å². The van der Waals surface area contributed by atoms with Gasteiger partial charge in [0.25, 0.3) is 0 Å². The predicted molar refractivity (Wildman–Crippen MR) is 63.1 cm³/mol. The number of rotatable bonds is 4. The fourth-order valence-electron chi connectivity index (χ4n) is 2.69. The van der Waals surface area contributed by atoms with Crippen LogP contribution in [0.3, 0.4) is 0 Å². The number of nitrogens with zero attached hydrogens (tertiary/aromatic N) is 2. The van der Waals surface area contributed by atoms with E-state index in [0.29, 0.717) is 18.4 Å². The van der Waals surface area contributed by atoms with Crippen LogP contribution in [-0.2, 0) is 14.9 Å². The largest absolute Gasteiger partial charge is 0.465 e. The van der Waals surface area contributed by atoms with Crippen molar-refractivity contribution in [3.63, 3.8) is 0 Å². The van der Waals surface area contributed by atoms with Crippen molar-refractivity contribution in [3.05, 3.63) is 11.7 Å². The molecule has 2 aliphatic carbocycles. The number of carbonyl (C=O) groups is 1. The second kappa shape index (κ2) is 4.37. The Morgan fingerprint density at radius 3 is 2.78 bits per heavy atom. The molecule has 2 saturated carbocycles. The molecular formula is C13H18N2O3. The number of carbonyl (C=O) groups excluding carboxylic acids is 1. The molecule has 2 fully saturated rings. The van der Waals surface area contributed by atoms with Gasteiger partial charge in [0.1, 0.15) is 5.41 Å². The van der Waals surface area contributed by atoms with Gasteiger partial charge in [-0.3, -0.25) is 4.79 Å². The van der Waals surface area contributed by atoms with E-state index in [9.17, 15) is 4.79 Å². The maximum Gasteiger partial charge on any atom is 0.321 e. The van der Waals surface area contributed by atoms with E-state index in [1.165, 1.54) is 0 Å². The molecule has 0 N–H and O–H groups in total. The normalized spacial score (nSPS) is 22.1. The van der Waals surface area contributed by atoms with E-state index in [2.05, 4.69) is 10.1 Å². The molecular weight excluding hydrogens is 232 g/mol. The molecule has 2 aliphatic rings. The molecule has 0 aliphatic heterocycles. The highest BCUT2D eigenvalue weighted by Gasteiger charge is 2.49. The lowest BCUT2D eigenvalue weighted by Crippen LogP contribution is -2.35. The topological polar surface area (TPSA) is 65.2 Å². The Labute approximate surface area is 106 Å². The zero-order valence-corrected chi connectivity index (χ0v) is 10.6. The van der Waals surface area contributed by atoms with Crippen LogP contribution in [0, 0.1) is 0 Å². The van der Waals surface area contributed by atoms with E-state index in [0.717, 1.165) is 44.3 Å². The second-order valence-corrected chi connectivity index (χ2v) is 5.24. The molecule has 0 radical (unpaired) electrons. The fraction of sp³-hybridized carbons (Fsp3) is 0.769. The summed E-state index contributed by atoms with van der Waals surface area (Å²) in [5.41, 5.74) is -0.670. The summed E-state index contributed by atoms with van der Waals surface area (Å²) in [5, 5.41) is 4.02. The first kappa shape index (κ1) is 11.7. The Hall–Kier alpha value is -1.39. The van der Waals surface area contributed by atoms with Crippen LogP contribution in [0.25, 0.3) is 0 Å². The van der Waals surface area contributed by atoms with Crippen LogP contribution in [0.15, 0.2) is 4.52 Å². The molecule has 0 amide bonds. The Kier molecular flexibility index (Phi) is 2.84. The first-order valence-corrected chi connectivity index (χ1v) is 6.77. The lowest BCUT2D eigenvalue weighted by molar-refractivity contribution is -0.151. The van der Waals surface area contributed by atoms with Crippen LogP contribution >= 0.6 is 0 Å². The zero-order chi connectivity index (χ0) is 12.6. The molecule has 18 heavy (non-hydrogen) atoms. The molecule has 5 heteroatoms. The minimum absolute atomic E-state index is 0.200. The lowest BCUT2D eigenvalue weighted by Gasteiger charge is -2.21. The van der Waals surface area contributed by atoms with E-state index < -0.39 is 5.41 Å². The summed E-state index contributed by atoms with van der Waals surface area (Å²) in [7, 11) is 0. The van der Waals surface area contributed by atoms with Gasteiger partial charge in [-0.05, 0) is 32.6 Å². The van der Waals surface area contributed by atoms with Crippen molar-refractivity contribution in [1.29, 1.82) is 0 Å². The summed E-state index contributed by atoms with van der Waals surface area (Å²) in [6, 6.07) is 0. The summed E-state index contributed by atoms with van der Waals surface area (Å²) < 4.78 is 10.6.